The van der Waals surface area contributed by atoms with Crippen molar-refractivity contribution in [2.24, 2.45) is 0 Å². The van der Waals surface area contributed by atoms with E-state index in [1.807, 2.05) is 24.0 Å². The Hall–Kier alpha value is -2.89. The number of hydrogen-bond donors (Lipinski definition) is 2. The number of carbonyl (C=O) groups is 2. The Morgan fingerprint density at radius 1 is 1.08 bits per heavy atom. The molecule has 1 amide bonds. The Kier molecular flexibility index (Phi) is 5.51. The van der Waals surface area contributed by atoms with E-state index in [0.717, 1.165) is 44.3 Å². The van der Waals surface area contributed by atoms with Crippen LogP contribution in [-0.2, 0) is 0 Å². The number of aromatic carboxylic acids is 1. The first kappa shape index (κ1) is 17.9. The average molecular weight is 353 g/mol. The van der Waals surface area contributed by atoms with Gasteiger partial charge in [0, 0.05) is 18.7 Å². The molecule has 1 fully saturated rings. The molecule has 6 heteroatoms. The molecular weight excluding hydrogens is 330 g/mol. The van der Waals surface area contributed by atoms with E-state index < -0.39 is 5.97 Å². The van der Waals surface area contributed by atoms with E-state index in [-0.39, 0.29) is 11.5 Å². The summed E-state index contributed by atoms with van der Waals surface area (Å²) in [5.74, 6) is -0.846. The summed E-state index contributed by atoms with van der Waals surface area (Å²) in [7, 11) is 0. The summed E-state index contributed by atoms with van der Waals surface area (Å²) in [5.41, 5.74) is 2.09. The van der Waals surface area contributed by atoms with Crippen molar-refractivity contribution in [2.75, 3.05) is 23.3 Å². The van der Waals surface area contributed by atoms with E-state index in [1.54, 1.807) is 12.1 Å². The van der Waals surface area contributed by atoms with Crippen molar-refractivity contribution in [3.8, 4) is 0 Å². The molecule has 1 aromatic heterocycles. The molecule has 0 atom stereocenters. The number of nitrogens with zero attached hydrogens (tertiary/aromatic N) is 2. The molecule has 1 aliphatic rings. The number of amides is 1. The van der Waals surface area contributed by atoms with Crippen LogP contribution >= 0.6 is 0 Å². The number of nitrogens with one attached hydrogen (secondary N) is 1. The Morgan fingerprint density at radius 2 is 1.73 bits per heavy atom. The summed E-state index contributed by atoms with van der Waals surface area (Å²) in [4.78, 5) is 30.4. The predicted octanol–water partition coefficient (Wildman–Crippen LogP) is 3.72. The first-order valence-corrected chi connectivity index (χ1v) is 8.91. The highest BCUT2D eigenvalue weighted by atomic mass is 16.4. The fourth-order valence-electron chi connectivity index (χ4n) is 3.13. The Balaban J connectivity index is 1.82. The molecule has 0 bridgehead atoms. The maximum absolute atomic E-state index is 12.3. The molecule has 6 nitrogen and oxygen atoms in total. The van der Waals surface area contributed by atoms with Crippen LogP contribution in [0.2, 0.25) is 0 Å². The molecule has 0 spiro atoms. The molecule has 3 rings (SSSR count). The van der Waals surface area contributed by atoms with Gasteiger partial charge in [0.25, 0.3) is 5.91 Å². The molecule has 1 aromatic carbocycles. The lowest BCUT2D eigenvalue weighted by molar-refractivity contribution is 0.0696. The lowest BCUT2D eigenvalue weighted by Crippen LogP contribution is -2.27. The Bertz CT molecular complexity index is 794. The van der Waals surface area contributed by atoms with Gasteiger partial charge in [-0.25, -0.2) is 9.78 Å². The lowest BCUT2D eigenvalue weighted by atomic mass is 10.1. The van der Waals surface area contributed by atoms with Crippen molar-refractivity contribution in [2.45, 2.75) is 32.6 Å². The van der Waals surface area contributed by atoms with Crippen LogP contribution in [0.25, 0.3) is 0 Å². The number of benzene rings is 1. The second kappa shape index (κ2) is 7.99. The third-order valence-corrected chi connectivity index (χ3v) is 4.57. The predicted molar refractivity (Wildman–Crippen MR) is 101 cm³/mol. The highest BCUT2D eigenvalue weighted by Crippen LogP contribution is 2.24. The number of carboxylic acid groups (broad SMARTS) is 1. The lowest BCUT2D eigenvalue weighted by Gasteiger charge is -2.23. The third kappa shape index (κ3) is 4.20. The molecule has 0 aliphatic carbocycles. The van der Waals surface area contributed by atoms with Crippen molar-refractivity contribution in [1.82, 2.24) is 4.98 Å². The normalized spacial score (nSPS) is 14.6. The van der Waals surface area contributed by atoms with Crippen LogP contribution in [0.1, 0.15) is 52.0 Å². The molecule has 2 heterocycles. The fraction of sp³-hybridized carbons (Fsp3) is 0.350. The maximum atomic E-state index is 12.3. The second-order valence-corrected chi connectivity index (χ2v) is 6.62. The van der Waals surface area contributed by atoms with Crippen LogP contribution < -0.4 is 10.2 Å². The van der Waals surface area contributed by atoms with Crippen LogP contribution in [0.5, 0.6) is 0 Å². The summed E-state index contributed by atoms with van der Waals surface area (Å²) < 4.78 is 0. The zero-order chi connectivity index (χ0) is 18.5. The standard InChI is InChI=1S/C20H23N3O3/c1-14-6-8-15(9-7-14)19(24)22-16-12-17(20(25)26)18(21-13-16)23-10-4-2-3-5-11-23/h6-9,12-13H,2-5,10-11H2,1H3,(H,22,24)(H,25,26). The van der Waals surface area contributed by atoms with Gasteiger partial charge in [0.2, 0.25) is 0 Å². The summed E-state index contributed by atoms with van der Waals surface area (Å²) >= 11 is 0. The summed E-state index contributed by atoms with van der Waals surface area (Å²) in [6, 6.07) is 8.68. The maximum Gasteiger partial charge on any atom is 0.339 e. The molecule has 0 radical (unpaired) electrons. The van der Waals surface area contributed by atoms with Crippen LogP contribution in [0.15, 0.2) is 36.5 Å². The summed E-state index contributed by atoms with van der Waals surface area (Å²) in [5, 5.41) is 12.3. The molecule has 1 saturated heterocycles. The number of aryl methyl sites for hydroxylation is 1. The smallest absolute Gasteiger partial charge is 0.339 e. The SMILES string of the molecule is Cc1ccc(C(=O)Nc2cnc(N3CCCCCC3)c(C(=O)O)c2)cc1. The van der Waals surface area contributed by atoms with E-state index >= 15 is 0 Å². The van der Waals surface area contributed by atoms with Crippen LogP contribution in [-0.4, -0.2) is 35.1 Å². The van der Waals surface area contributed by atoms with Gasteiger partial charge in [-0.15, -0.1) is 0 Å². The minimum absolute atomic E-state index is 0.119. The molecular formula is C20H23N3O3. The first-order valence-electron chi connectivity index (χ1n) is 8.91. The number of hydrogen-bond acceptors (Lipinski definition) is 4. The van der Waals surface area contributed by atoms with Gasteiger partial charge >= 0.3 is 5.97 Å². The van der Waals surface area contributed by atoms with E-state index in [2.05, 4.69) is 10.3 Å². The van der Waals surface area contributed by atoms with Crippen LogP contribution in [0.3, 0.4) is 0 Å². The van der Waals surface area contributed by atoms with Gasteiger partial charge in [-0.3, -0.25) is 4.79 Å². The van der Waals surface area contributed by atoms with Crippen molar-refractivity contribution in [3.63, 3.8) is 0 Å². The van der Waals surface area contributed by atoms with Crippen LogP contribution in [0, 0.1) is 6.92 Å². The number of aromatic nitrogens is 1. The van der Waals surface area contributed by atoms with Gasteiger partial charge in [-0.1, -0.05) is 30.5 Å². The molecule has 2 aromatic rings. The average Bonchev–Trinajstić information content (AvgIpc) is 2.91. The topological polar surface area (TPSA) is 82.5 Å². The van der Waals surface area contributed by atoms with Gasteiger partial charge in [0.15, 0.2) is 0 Å². The van der Waals surface area contributed by atoms with Gasteiger partial charge in [-0.2, -0.15) is 0 Å². The van der Waals surface area contributed by atoms with E-state index in [0.29, 0.717) is 17.1 Å². The van der Waals surface area contributed by atoms with E-state index in [1.165, 1.54) is 12.3 Å². The van der Waals surface area contributed by atoms with Gasteiger partial charge in [0.05, 0.1) is 11.9 Å². The first-order chi connectivity index (χ1) is 12.5. The number of carbonyl (C=O) groups excluding carboxylic acids is 1. The van der Waals surface area contributed by atoms with Gasteiger partial charge < -0.3 is 15.3 Å². The van der Waals surface area contributed by atoms with Crippen molar-refractivity contribution in [3.05, 3.63) is 53.2 Å². The quantitative estimate of drug-likeness (QED) is 0.875. The van der Waals surface area contributed by atoms with E-state index in [4.69, 9.17) is 0 Å². The third-order valence-electron chi connectivity index (χ3n) is 4.57. The largest absolute Gasteiger partial charge is 0.478 e. The van der Waals surface area contributed by atoms with Crippen molar-refractivity contribution >= 4 is 23.4 Å². The molecule has 2 N–H and O–H groups in total. The second-order valence-electron chi connectivity index (χ2n) is 6.62. The van der Waals surface area contributed by atoms with E-state index in [9.17, 15) is 14.7 Å². The Morgan fingerprint density at radius 3 is 2.35 bits per heavy atom. The number of rotatable bonds is 4. The zero-order valence-corrected chi connectivity index (χ0v) is 14.9. The highest BCUT2D eigenvalue weighted by molar-refractivity contribution is 6.05. The van der Waals surface area contributed by atoms with Crippen molar-refractivity contribution < 1.29 is 14.7 Å². The van der Waals surface area contributed by atoms with Gasteiger partial charge in [-0.05, 0) is 38.0 Å². The van der Waals surface area contributed by atoms with Gasteiger partial charge in [0.1, 0.15) is 11.4 Å². The Labute approximate surface area is 152 Å². The molecule has 0 saturated carbocycles. The van der Waals surface area contributed by atoms with Crippen molar-refractivity contribution in [1.29, 1.82) is 0 Å². The molecule has 136 valence electrons. The zero-order valence-electron chi connectivity index (χ0n) is 14.9. The monoisotopic (exact) mass is 353 g/mol. The molecule has 26 heavy (non-hydrogen) atoms. The number of anilines is 2. The minimum Gasteiger partial charge on any atom is -0.478 e. The number of pyridine rings is 1. The number of carboxylic acids is 1. The minimum atomic E-state index is -1.04. The summed E-state index contributed by atoms with van der Waals surface area (Å²) in [6.07, 6.45) is 5.91. The summed E-state index contributed by atoms with van der Waals surface area (Å²) in [6.45, 7) is 3.57. The fourth-order valence-corrected chi connectivity index (χ4v) is 3.13. The highest BCUT2D eigenvalue weighted by Gasteiger charge is 2.20. The molecule has 1 aliphatic heterocycles. The van der Waals surface area contributed by atoms with Crippen LogP contribution in [0.4, 0.5) is 11.5 Å². The molecule has 0 unspecified atom stereocenters.